The van der Waals surface area contributed by atoms with Crippen LogP contribution in [0.2, 0.25) is 0 Å². The van der Waals surface area contributed by atoms with Crippen molar-refractivity contribution in [3.63, 3.8) is 0 Å². The summed E-state index contributed by atoms with van der Waals surface area (Å²) in [5.74, 6) is 0. The van der Waals surface area contributed by atoms with Gasteiger partial charge in [-0.25, -0.2) is 0 Å². The summed E-state index contributed by atoms with van der Waals surface area (Å²) in [5.41, 5.74) is 3.18. The molecule has 0 radical (unpaired) electrons. The molecule has 0 N–H and O–H groups in total. The molecule has 18 heavy (non-hydrogen) atoms. The summed E-state index contributed by atoms with van der Waals surface area (Å²) in [5, 5.41) is 0.765. The van der Waals surface area contributed by atoms with E-state index in [0.29, 0.717) is 0 Å². The lowest BCUT2D eigenvalue weighted by atomic mass is 10.1. The van der Waals surface area contributed by atoms with Gasteiger partial charge in [0, 0.05) is 23.3 Å². The van der Waals surface area contributed by atoms with Crippen molar-refractivity contribution in [1.29, 1.82) is 0 Å². The van der Waals surface area contributed by atoms with Gasteiger partial charge in [0.25, 0.3) is 0 Å². The van der Waals surface area contributed by atoms with Crippen LogP contribution in [0.1, 0.15) is 5.56 Å². The Morgan fingerprint density at radius 2 is 1.72 bits per heavy atom. The molecule has 1 aromatic heterocycles. The Kier molecular flexibility index (Phi) is 2.49. The molecule has 0 aliphatic heterocycles. The first-order valence-corrected chi connectivity index (χ1v) is 5.93. The van der Waals surface area contributed by atoms with Crippen molar-refractivity contribution in [3.8, 4) is 5.69 Å². The molecular formula is C16H13NO. The molecule has 3 rings (SSSR count). The summed E-state index contributed by atoms with van der Waals surface area (Å²) >= 11 is 0. The predicted molar refractivity (Wildman–Crippen MR) is 74.3 cm³/mol. The molecule has 0 atom stereocenters. The summed E-state index contributed by atoms with van der Waals surface area (Å²) in [7, 11) is 0. The fourth-order valence-electron chi connectivity index (χ4n) is 2.18. The molecule has 88 valence electrons. The average molecular weight is 235 g/mol. The number of aryl methyl sites for hydroxylation is 1. The summed E-state index contributed by atoms with van der Waals surface area (Å²) < 4.78 is 2.04. The lowest BCUT2D eigenvalue weighted by Crippen LogP contribution is -2.06. The molecule has 2 aromatic carbocycles. The zero-order valence-electron chi connectivity index (χ0n) is 10.1. The normalized spacial score (nSPS) is 10.7. The highest BCUT2D eigenvalue weighted by Crippen LogP contribution is 2.16. The van der Waals surface area contributed by atoms with Gasteiger partial charge in [-0.1, -0.05) is 29.8 Å². The van der Waals surface area contributed by atoms with Gasteiger partial charge < -0.3 is 4.57 Å². The molecule has 0 unspecified atom stereocenters. The highest BCUT2D eigenvalue weighted by Gasteiger charge is 2.04. The van der Waals surface area contributed by atoms with Gasteiger partial charge in [0.05, 0.1) is 5.52 Å². The van der Waals surface area contributed by atoms with E-state index in [1.165, 1.54) is 0 Å². The van der Waals surface area contributed by atoms with Gasteiger partial charge in [0.1, 0.15) is 0 Å². The zero-order chi connectivity index (χ0) is 12.5. The van der Waals surface area contributed by atoms with Crippen molar-refractivity contribution in [2.24, 2.45) is 0 Å². The largest absolute Gasteiger partial charge is 0.316 e. The molecule has 0 spiro atoms. The molecule has 2 nitrogen and oxygen atoms in total. The van der Waals surface area contributed by atoms with Crippen LogP contribution < -0.4 is 5.43 Å². The fraction of sp³-hybridized carbons (Fsp3) is 0.0625. The standard InChI is InChI=1S/C16H13NO/c1-12-7-8-15-14(11-12)16(18)9-10-17(15)13-5-3-2-4-6-13/h2-11H,1H3. The van der Waals surface area contributed by atoms with Gasteiger partial charge in [0.2, 0.25) is 0 Å². The Balaban J connectivity index is 2.39. The molecule has 2 heteroatoms. The van der Waals surface area contributed by atoms with Gasteiger partial charge in [0.15, 0.2) is 5.43 Å². The lowest BCUT2D eigenvalue weighted by molar-refractivity contribution is 1.10. The molecule has 0 aliphatic rings. The van der Waals surface area contributed by atoms with E-state index in [-0.39, 0.29) is 5.43 Å². The highest BCUT2D eigenvalue weighted by molar-refractivity contribution is 5.81. The van der Waals surface area contributed by atoms with Crippen molar-refractivity contribution >= 4 is 10.9 Å². The number of rotatable bonds is 1. The minimum Gasteiger partial charge on any atom is -0.316 e. The minimum absolute atomic E-state index is 0.0703. The third-order valence-electron chi connectivity index (χ3n) is 3.09. The molecule has 0 amide bonds. The number of fused-ring (bicyclic) bond motifs is 1. The molecule has 3 aromatic rings. The first-order valence-electron chi connectivity index (χ1n) is 5.93. The first kappa shape index (κ1) is 10.8. The van der Waals surface area contributed by atoms with Crippen molar-refractivity contribution in [2.45, 2.75) is 6.92 Å². The average Bonchev–Trinajstić information content (AvgIpc) is 2.41. The van der Waals surface area contributed by atoms with Crippen LogP contribution in [0.3, 0.4) is 0 Å². The molecule has 0 saturated heterocycles. The van der Waals surface area contributed by atoms with E-state index in [2.05, 4.69) is 0 Å². The number of para-hydroxylation sites is 1. The maximum Gasteiger partial charge on any atom is 0.189 e. The van der Waals surface area contributed by atoms with Crippen LogP contribution in [-0.2, 0) is 0 Å². The van der Waals surface area contributed by atoms with E-state index in [0.717, 1.165) is 22.2 Å². The van der Waals surface area contributed by atoms with Crippen LogP contribution in [-0.4, -0.2) is 4.57 Å². The van der Waals surface area contributed by atoms with Crippen molar-refractivity contribution in [2.75, 3.05) is 0 Å². The Labute approximate surface area is 105 Å². The SMILES string of the molecule is Cc1ccc2c(c1)c(=O)ccn2-c1ccccc1. The van der Waals surface area contributed by atoms with Crippen LogP contribution in [0.4, 0.5) is 0 Å². The van der Waals surface area contributed by atoms with E-state index < -0.39 is 0 Å². The number of hydrogen-bond acceptors (Lipinski definition) is 1. The zero-order valence-corrected chi connectivity index (χ0v) is 10.1. The van der Waals surface area contributed by atoms with Gasteiger partial charge in [-0.15, -0.1) is 0 Å². The molecule has 0 saturated carbocycles. The van der Waals surface area contributed by atoms with E-state index in [1.54, 1.807) is 6.07 Å². The highest BCUT2D eigenvalue weighted by atomic mass is 16.1. The topological polar surface area (TPSA) is 22.0 Å². The Hall–Kier alpha value is -2.35. The summed E-state index contributed by atoms with van der Waals surface area (Å²) in [4.78, 5) is 11.9. The Morgan fingerprint density at radius 1 is 0.944 bits per heavy atom. The van der Waals surface area contributed by atoms with Crippen LogP contribution in [0.15, 0.2) is 65.6 Å². The van der Waals surface area contributed by atoms with E-state index in [4.69, 9.17) is 0 Å². The maximum absolute atomic E-state index is 11.9. The smallest absolute Gasteiger partial charge is 0.189 e. The number of aromatic nitrogens is 1. The first-order chi connectivity index (χ1) is 8.75. The van der Waals surface area contributed by atoms with E-state index in [1.807, 2.05) is 66.2 Å². The van der Waals surface area contributed by atoms with E-state index >= 15 is 0 Å². The molecule has 0 bridgehead atoms. The lowest BCUT2D eigenvalue weighted by Gasteiger charge is -2.10. The monoisotopic (exact) mass is 235 g/mol. The minimum atomic E-state index is 0.0703. The third-order valence-corrected chi connectivity index (χ3v) is 3.09. The quantitative estimate of drug-likeness (QED) is 0.634. The number of benzene rings is 2. The second-order valence-electron chi connectivity index (χ2n) is 4.41. The van der Waals surface area contributed by atoms with Crippen molar-refractivity contribution in [1.82, 2.24) is 4.57 Å². The van der Waals surface area contributed by atoms with E-state index in [9.17, 15) is 4.79 Å². The summed E-state index contributed by atoms with van der Waals surface area (Å²) in [6.45, 7) is 2.00. The fourth-order valence-corrected chi connectivity index (χ4v) is 2.18. The molecule has 0 fully saturated rings. The van der Waals surface area contributed by atoms with Crippen molar-refractivity contribution in [3.05, 3.63) is 76.6 Å². The van der Waals surface area contributed by atoms with Gasteiger partial charge in [-0.2, -0.15) is 0 Å². The number of hydrogen-bond donors (Lipinski definition) is 0. The van der Waals surface area contributed by atoms with Crippen LogP contribution in [0, 0.1) is 6.92 Å². The summed E-state index contributed by atoms with van der Waals surface area (Å²) in [6.07, 6.45) is 1.83. The Bertz CT molecular complexity index is 757. The van der Waals surface area contributed by atoms with Crippen LogP contribution >= 0.6 is 0 Å². The number of pyridine rings is 1. The molecule has 1 heterocycles. The third kappa shape index (κ3) is 1.72. The number of nitrogens with zero attached hydrogens (tertiary/aromatic N) is 1. The van der Waals surface area contributed by atoms with Crippen LogP contribution in [0.5, 0.6) is 0 Å². The van der Waals surface area contributed by atoms with Gasteiger partial charge in [-0.3, -0.25) is 4.79 Å². The predicted octanol–water partition coefficient (Wildman–Crippen LogP) is 3.30. The van der Waals surface area contributed by atoms with Crippen LogP contribution in [0.25, 0.3) is 16.6 Å². The van der Waals surface area contributed by atoms with Crippen molar-refractivity contribution < 1.29 is 0 Å². The molecule has 0 aliphatic carbocycles. The summed E-state index contributed by atoms with van der Waals surface area (Å²) in [6, 6.07) is 17.6. The Morgan fingerprint density at radius 3 is 2.50 bits per heavy atom. The van der Waals surface area contributed by atoms with Gasteiger partial charge in [-0.05, 0) is 31.2 Å². The van der Waals surface area contributed by atoms with Gasteiger partial charge >= 0.3 is 0 Å². The second kappa shape index (κ2) is 4.15. The molecular weight excluding hydrogens is 222 g/mol. The maximum atomic E-state index is 11.9. The second-order valence-corrected chi connectivity index (χ2v) is 4.41.